The number of amides is 1. The number of ether oxygens (including phenoxy) is 2. The van der Waals surface area contributed by atoms with Crippen LogP contribution in [0.15, 0.2) is 41.6 Å². The van der Waals surface area contributed by atoms with Crippen LogP contribution in [0, 0.1) is 0 Å². The zero-order chi connectivity index (χ0) is 22.4. The molecule has 0 bridgehead atoms. The zero-order valence-electron chi connectivity index (χ0n) is 16.2. The Labute approximate surface area is 189 Å². The molecule has 2 aromatic carbocycles. The number of nitrogens with one attached hydrogen (secondary N) is 1. The van der Waals surface area contributed by atoms with Gasteiger partial charge in [-0.1, -0.05) is 28.4 Å². The number of halogens is 2. The Balaban J connectivity index is 1.40. The van der Waals surface area contributed by atoms with Crippen LogP contribution in [0.1, 0.15) is 31.4 Å². The highest BCUT2D eigenvalue weighted by Gasteiger charge is 2.22. The molecular weight excluding hydrogens is 471 g/mol. The first kappa shape index (κ1) is 23.0. The van der Waals surface area contributed by atoms with Crippen molar-refractivity contribution in [3.05, 3.63) is 52.0 Å². The number of carbonyl (C=O) groups excluding carboxylic acids is 1. The van der Waals surface area contributed by atoms with Crippen LogP contribution in [0.4, 0.5) is 10.5 Å². The van der Waals surface area contributed by atoms with Gasteiger partial charge in [0, 0.05) is 17.8 Å². The molecular formula is C19H18Cl2N2O7S. The Bertz CT molecular complexity index is 1090. The molecule has 0 fully saturated rings. The van der Waals surface area contributed by atoms with Crippen molar-refractivity contribution in [3.8, 4) is 11.5 Å². The van der Waals surface area contributed by atoms with Gasteiger partial charge >= 0.3 is 16.5 Å². The summed E-state index contributed by atoms with van der Waals surface area (Å²) in [7, 11) is -4.39. The minimum atomic E-state index is -4.39. The van der Waals surface area contributed by atoms with Crippen molar-refractivity contribution in [2.45, 2.75) is 25.9 Å². The fraction of sp³-hybridized carbons (Fsp3) is 0.263. The summed E-state index contributed by atoms with van der Waals surface area (Å²) in [5.74, 6) is 0.568. The molecule has 1 N–H and O–H groups in total. The zero-order valence-corrected chi connectivity index (χ0v) is 18.5. The molecule has 2 aromatic rings. The summed E-state index contributed by atoms with van der Waals surface area (Å²) in [6.45, 7) is 2.13. The van der Waals surface area contributed by atoms with Crippen LogP contribution >= 0.6 is 23.2 Å². The number of nitrogens with zero attached hydrogens (tertiary/aromatic N) is 1. The van der Waals surface area contributed by atoms with Crippen molar-refractivity contribution in [3.63, 3.8) is 0 Å². The highest BCUT2D eigenvalue weighted by Crippen LogP contribution is 2.33. The van der Waals surface area contributed by atoms with Gasteiger partial charge in [-0.3, -0.25) is 5.32 Å². The van der Waals surface area contributed by atoms with Crippen LogP contribution in [-0.2, 0) is 19.4 Å². The number of cyclic esters (lactones) is 1. The monoisotopic (exact) mass is 488 g/mol. The number of unbranched alkanes of at least 4 members (excludes halogenated alkanes) is 1. The molecule has 3 rings (SSSR count). The van der Waals surface area contributed by atoms with Crippen molar-refractivity contribution in [1.29, 1.82) is 0 Å². The summed E-state index contributed by atoms with van der Waals surface area (Å²) < 4.78 is 43.4. The third-order valence-electron chi connectivity index (χ3n) is 4.03. The number of anilines is 1. The minimum absolute atomic E-state index is 0.0534. The average Bonchev–Trinajstić information content (AvgIpc) is 2.70. The predicted molar refractivity (Wildman–Crippen MR) is 115 cm³/mol. The summed E-state index contributed by atoms with van der Waals surface area (Å²) in [6.07, 6.45) is 1.39. The Hall–Kier alpha value is -2.69. The van der Waals surface area contributed by atoms with Gasteiger partial charge in [0.25, 0.3) is 0 Å². The van der Waals surface area contributed by atoms with E-state index in [0.717, 1.165) is 5.56 Å². The molecule has 0 aliphatic carbocycles. The van der Waals surface area contributed by atoms with Gasteiger partial charge in [0.2, 0.25) is 0 Å². The maximum Gasteiger partial charge on any atom is 0.521 e. The molecule has 31 heavy (non-hydrogen) atoms. The van der Waals surface area contributed by atoms with Crippen molar-refractivity contribution in [2.24, 2.45) is 5.16 Å². The number of fused-ring (bicyclic) bond motifs is 1. The lowest BCUT2D eigenvalue weighted by molar-refractivity contribution is 0.116. The molecule has 0 saturated heterocycles. The maximum atomic E-state index is 11.7. The summed E-state index contributed by atoms with van der Waals surface area (Å²) in [4.78, 5) is 11.4. The molecule has 166 valence electrons. The second-order valence-electron chi connectivity index (χ2n) is 6.34. The van der Waals surface area contributed by atoms with E-state index in [1.54, 1.807) is 25.1 Å². The number of hydrogen-bond acceptors (Lipinski definition) is 8. The van der Waals surface area contributed by atoms with Crippen LogP contribution < -0.4 is 14.2 Å². The summed E-state index contributed by atoms with van der Waals surface area (Å²) >= 11 is 11.6. The Morgan fingerprint density at radius 3 is 2.71 bits per heavy atom. The van der Waals surface area contributed by atoms with Crippen molar-refractivity contribution in [1.82, 2.24) is 0 Å². The second-order valence-corrected chi connectivity index (χ2v) is 8.29. The molecule has 0 radical (unpaired) electrons. The molecule has 1 unspecified atom stereocenters. The van der Waals surface area contributed by atoms with Gasteiger partial charge in [-0.2, -0.15) is 0 Å². The number of carbonyl (C=O) groups is 1. The Morgan fingerprint density at radius 2 is 1.94 bits per heavy atom. The molecule has 1 heterocycles. The van der Waals surface area contributed by atoms with Gasteiger partial charge in [0.15, 0.2) is 0 Å². The van der Waals surface area contributed by atoms with Gasteiger partial charge in [-0.25, -0.2) is 9.08 Å². The molecule has 0 spiro atoms. The van der Waals surface area contributed by atoms with E-state index >= 15 is 0 Å². The van der Waals surface area contributed by atoms with Crippen LogP contribution in [-0.4, -0.2) is 27.3 Å². The quantitative estimate of drug-likeness (QED) is 0.296. The van der Waals surface area contributed by atoms with Crippen molar-refractivity contribution in [2.75, 3.05) is 11.9 Å². The third-order valence-corrected chi connectivity index (χ3v) is 5.43. The summed E-state index contributed by atoms with van der Waals surface area (Å²) in [5, 5.41) is 6.41. The van der Waals surface area contributed by atoms with E-state index in [1.165, 1.54) is 24.4 Å². The molecule has 9 nitrogen and oxygen atoms in total. The van der Waals surface area contributed by atoms with E-state index in [-0.39, 0.29) is 21.9 Å². The Morgan fingerprint density at radius 1 is 1.16 bits per heavy atom. The normalized spacial score (nSPS) is 15.7. The SMILES string of the molecule is CC1OC(=O)Nc2ccc(OCCCC=NOS(=O)(=O)Oc3ccc(Cl)c(Cl)c3)cc21. The molecule has 1 atom stereocenters. The lowest BCUT2D eigenvalue weighted by atomic mass is 10.1. The van der Waals surface area contributed by atoms with Gasteiger partial charge in [0.05, 0.1) is 22.3 Å². The van der Waals surface area contributed by atoms with Gasteiger partial charge in [-0.15, -0.1) is 8.42 Å². The summed E-state index contributed by atoms with van der Waals surface area (Å²) in [5.41, 5.74) is 1.50. The molecule has 0 saturated carbocycles. The largest absolute Gasteiger partial charge is 0.521 e. The topological polar surface area (TPSA) is 113 Å². The predicted octanol–water partition coefficient (Wildman–Crippen LogP) is 5.10. The van der Waals surface area contributed by atoms with Gasteiger partial charge in [-0.05, 0) is 50.1 Å². The van der Waals surface area contributed by atoms with Crippen LogP contribution in [0.5, 0.6) is 11.5 Å². The highest BCUT2D eigenvalue weighted by atomic mass is 35.5. The van der Waals surface area contributed by atoms with E-state index in [4.69, 9.17) is 36.9 Å². The molecule has 12 heteroatoms. The lowest BCUT2D eigenvalue weighted by Crippen LogP contribution is -2.23. The van der Waals surface area contributed by atoms with Crippen LogP contribution in [0.2, 0.25) is 10.0 Å². The molecule has 1 aliphatic heterocycles. The summed E-state index contributed by atoms with van der Waals surface area (Å²) in [6, 6.07) is 9.25. The fourth-order valence-electron chi connectivity index (χ4n) is 2.61. The minimum Gasteiger partial charge on any atom is -0.494 e. The lowest BCUT2D eigenvalue weighted by Gasteiger charge is -2.23. The van der Waals surface area contributed by atoms with Crippen LogP contribution in [0.3, 0.4) is 0 Å². The van der Waals surface area contributed by atoms with E-state index in [9.17, 15) is 13.2 Å². The Kier molecular flexibility index (Phi) is 7.47. The standard InChI is InChI=1S/C19H18Cl2N2O7S/c1-12-15-10-13(5-7-18(15)23-19(24)28-12)27-9-3-2-8-22-30-31(25,26)29-14-4-6-16(20)17(21)11-14/h4-8,10-12H,2-3,9H2,1H3,(H,23,24). The van der Waals surface area contributed by atoms with E-state index in [1.807, 2.05) is 0 Å². The van der Waals surface area contributed by atoms with Crippen molar-refractivity contribution < 1.29 is 31.2 Å². The van der Waals surface area contributed by atoms with Crippen LogP contribution in [0.25, 0.3) is 0 Å². The van der Waals surface area contributed by atoms with E-state index < -0.39 is 16.5 Å². The van der Waals surface area contributed by atoms with Gasteiger partial charge in [0.1, 0.15) is 17.6 Å². The van der Waals surface area contributed by atoms with Gasteiger partial charge < -0.3 is 13.7 Å². The smallest absolute Gasteiger partial charge is 0.494 e. The highest BCUT2D eigenvalue weighted by molar-refractivity contribution is 7.82. The third kappa shape index (κ3) is 6.65. The van der Waals surface area contributed by atoms with Crippen molar-refractivity contribution >= 4 is 51.6 Å². The molecule has 1 amide bonds. The molecule has 0 aromatic heterocycles. The first-order chi connectivity index (χ1) is 14.7. The first-order valence-electron chi connectivity index (χ1n) is 9.08. The number of oxime groups is 1. The number of rotatable bonds is 9. The number of benzene rings is 2. The fourth-order valence-corrected chi connectivity index (χ4v) is 3.43. The first-order valence-corrected chi connectivity index (χ1v) is 11.2. The second kappa shape index (κ2) is 10.1. The average molecular weight is 489 g/mol. The maximum absolute atomic E-state index is 11.7. The number of hydrogen-bond donors (Lipinski definition) is 1. The van der Waals surface area contributed by atoms with E-state index in [0.29, 0.717) is 30.9 Å². The van der Waals surface area contributed by atoms with E-state index in [2.05, 4.69) is 14.8 Å². The molecule has 1 aliphatic rings.